The van der Waals surface area contributed by atoms with Crippen LogP contribution in [0.1, 0.15) is 61.8 Å². The number of rotatable bonds is 10. The van der Waals surface area contributed by atoms with Crippen molar-refractivity contribution in [3.8, 4) is 5.75 Å². The molecule has 0 radical (unpaired) electrons. The Hall–Kier alpha value is -1.60. The quantitative estimate of drug-likeness (QED) is 0.486. The number of nitrogens with one attached hydrogen (secondary N) is 2. The van der Waals surface area contributed by atoms with Crippen LogP contribution in [0.4, 0.5) is 0 Å². The van der Waals surface area contributed by atoms with Gasteiger partial charge in [0.2, 0.25) is 10.0 Å². The third-order valence-electron chi connectivity index (χ3n) is 6.85. The molecule has 1 heterocycles. The molecular formula is C25H33ClN2O3S. The zero-order valence-corrected chi connectivity index (χ0v) is 20.3. The highest BCUT2D eigenvalue weighted by Gasteiger charge is 2.47. The van der Waals surface area contributed by atoms with Crippen LogP contribution >= 0.6 is 11.6 Å². The fourth-order valence-corrected chi connectivity index (χ4v) is 6.30. The minimum absolute atomic E-state index is 0.0767. The molecule has 4 rings (SSSR count). The topological polar surface area (TPSA) is 67.4 Å². The summed E-state index contributed by atoms with van der Waals surface area (Å²) in [6, 6.07) is 14.9. The Bertz CT molecular complexity index is 1020. The molecule has 2 aromatic carbocycles. The Labute approximate surface area is 196 Å². The van der Waals surface area contributed by atoms with E-state index in [2.05, 4.69) is 34.3 Å². The summed E-state index contributed by atoms with van der Waals surface area (Å²) < 4.78 is 32.5. The van der Waals surface area contributed by atoms with Crippen LogP contribution in [-0.2, 0) is 21.9 Å². The second kappa shape index (κ2) is 10.1. The van der Waals surface area contributed by atoms with Gasteiger partial charge in [0, 0.05) is 23.0 Å². The van der Waals surface area contributed by atoms with E-state index in [1.165, 1.54) is 23.1 Å². The van der Waals surface area contributed by atoms with E-state index in [0.717, 1.165) is 43.0 Å². The molecule has 0 aromatic heterocycles. The van der Waals surface area contributed by atoms with Gasteiger partial charge >= 0.3 is 0 Å². The number of hydrogen-bond acceptors (Lipinski definition) is 4. The van der Waals surface area contributed by atoms with Crippen LogP contribution in [-0.4, -0.2) is 33.9 Å². The fourth-order valence-electron chi connectivity index (χ4n) is 4.97. The number of benzene rings is 2. The highest BCUT2D eigenvalue weighted by Crippen LogP contribution is 2.53. The van der Waals surface area contributed by atoms with E-state index in [-0.39, 0.29) is 23.8 Å². The lowest BCUT2D eigenvalue weighted by atomic mass is 9.58. The molecule has 1 atom stereocenters. The first-order chi connectivity index (χ1) is 15.4. The van der Waals surface area contributed by atoms with Crippen molar-refractivity contribution in [1.82, 2.24) is 10.0 Å². The van der Waals surface area contributed by atoms with Crippen molar-refractivity contribution < 1.29 is 13.2 Å². The van der Waals surface area contributed by atoms with Crippen molar-refractivity contribution in [2.24, 2.45) is 0 Å². The minimum Gasteiger partial charge on any atom is -0.492 e. The smallest absolute Gasteiger partial charge is 0.211 e. The van der Waals surface area contributed by atoms with E-state index < -0.39 is 10.0 Å². The Kier molecular flexibility index (Phi) is 7.45. The maximum Gasteiger partial charge on any atom is 0.211 e. The number of hydrogen-bond donors (Lipinski definition) is 2. The van der Waals surface area contributed by atoms with E-state index >= 15 is 0 Å². The van der Waals surface area contributed by atoms with Gasteiger partial charge in [0.15, 0.2) is 0 Å². The van der Waals surface area contributed by atoms with E-state index in [4.69, 9.17) is 16.3 Å². The van der Waals surface area contributed by atoms with Crippen LogP contribution in [0.15, 0.2) is 42.5 Å². The maximum atomic E-state index is 12.0. The third-order valence-corrected chi connectivity index (χ3v) is 8.57. The second-order valence-corrected chi connectivity index (χ2v) is 11.3. The van der Waals surface area contributed by atoms with Crippen molar-refractivity contribution in [2.75, 3.05) is 25.4 Å². The lowest BCUT2D eigenvalue weighted by Crippen LogP contribution is -2.49. The Morgan fingerprint density at radius 2 is 1.97 bits per heavy atom. The Morgan fingerprint density at radius 1 is 1.19 bits per heavy atom. The van der Waals surface area contributed by atoms with Gasteiger partial charge in [0.25, 0.3) is 0 Å². The normalized spacial score (nSPS) is 19.8. The van der Waals surface area contributed by atoms with Crippen molar-refractivity contribution in [3.05, 3.63) is 64.2 Å². The number of fused-ring (bicyclic) bond motifs is 1. The summed E-state index contributed by atoms with van der Waals surface area (Å²) in [5.74, 6) is 0.957. The lowest BCUT2D eigenvalue weighted by Gasteiger charge is -2.50. The van der Waals surface area contributed by atoms with Gasteiger partial charge in [0.1, 0.15) is 12.4 Å². The van der Waals surface area contributed by atoms with Crippen LogP contribution in [0.2, 0.25) is 5.02 Å². The molecule has 0 spiro atoms. The second-order valence-electron chi connectivity index (χ2n) is 8.93. The minimum atomic E-state index is -3.22. The molecule has 5 nitrogen and oxygen atoms in total. The maximum absolute atomic E-state index is 12.0. The van der Waals surface area contributed by atoms with Crippen molar-refractivity contribution in [1.29, 1.82) is 0 Å². The molecular weight excluding hydrogens is 444 g/mol. The Balaban J connectivity index is 1.47. The van der Waals surface area contributed by atoms with Gasteiger partial charge < -0.3 is 10.1 Å². The van der Waals surface area contributed by atoms with E-state index in [1.54, 1.807) is 0 Å². The van der Waals surface area contributed by atoms with Crippen molar-refractivity contribution >= 4 is 21.6 Å². The molecule has 32 heavy (non-hydrogen) atoms. The summed E-state index contributed by atoms with van der Waals surface area (Å²) in [5, 5.41) is 4.55. The lowest BCUT2D eigenvalue weighted by molar-refractivity contribution is 0.164. The summed E-state index contributed by atoms with van der Waals surface area (Å²) in [7, 11) is -3.22. The first-order valence-electron chi connectivity index (χ1n) is 11.7. The fraction of sp³-hybridized carbons (Fsp3) is 0.520. The number of sulfonamides is 1. The number of unbranched alkanes of at least 4 members (excludes halogenated alkanes) is 1. The molecule has 0 bridgehead atoms. The summed E-state index contributed by atoms with van der Waals surface area (Å²) in [5.41, 5.74) is 4.08. The number of halogens is 1. The summed E-state index contributed by atoms with van der Waals surface area (Å²) in [4.78, 5) is 0. The molecule has 2 N–H and O–H groups in total. The van der Waals surface area contributed by atoms with Crippen LogP contribution in [0.5, 0.6) is 5.75 Å². The molecule has 0 saturated heterocycles. The monoisotopic (exact) mass is 476 g/mol. The highest BCUT2D eigenvalue weighted by molar-refractivity contribution is 7.89. The van der Waals surface area contributed by atoms with Gasteiger partial charge in [-0.1, -0.05) is 49.6 Å². The van der Waals surface area contributed by atoms with Crippen molar-refractivity contribution in [3.63, 3.8) is 0 Å². The third kappa shape index (κ3) is 5.14. The number of ether oxygens (including phenoxy) is 1. The summed E-state index contributed by atoms with van der Waals surface area (Å²) >= 11 is 6.15. The van der Waals surface area contributed by atoms with E-state index in [9.17, 15) is 8.42 Å². The molecule has 1 aliphatic heterocycles. The van der Waals surface area contributed by atoms with E-state index in [0.29, 0.717) is 13.0 Å². The van der Waals surface area contributed by atoms with Crippen LogP contribution in [0.3, 0.4) is 0 Å². The van der Waals surface area contributed by atoms with Gasteiger partial charge in [-0.25, -0.2) is 13.1 Å². The largest absolute Gasteiger partial charge is 0.492 e. The van der Waals surface area contributed by atoms with Gasteiger partial charge in [-0.2, -0.15) is 0 Å². The van der Waals surface area contributed by atoms with Crippen LogP contribution in [0.25, 0.3) is 0 Å². The predicted molar refractivity (Wildman–Crippen MR) is 130 cm³/mol. The van der Waals surface area contributed by atoms with Crippen LogP contribution < -0.4 is 14.8 Å². The molecule has 1 fully saturated rings. The highest BCUT2D eigenvalue weighted by atomic mass is 35.5. The SMILES string of the molecule is CCCCS(=O)(=O)NCCOc1ccc2c(c1)C(C1(c3ccc(Cl)cc3)CCC1)NCC2. The molecule has 174 valence electrons. The average Bonchev–Trinajstić information content (AvgIpc) is 2.76. The summed E-state index contributed by atoms with van der Waals surface area (Å²) in [6.45, 7) is 3.54. The Morgan fingerprint density at radius 3 is 2.66 bits per heavy atom. The van der Waals surface area contributed by atoms with Crippen molar-refractivity contribution in [2.45, 2.75) is 56.9 Å². The zero-order chi connectivity index (χ0) is 22.6. The summed E-state index contributed by atoms with van der Waals surface area (Å²) in [6.07, 6.45) is 6.06. The first-order valence-corrected chi connectivity index (χ1v) is 13.7. The van der Waals surface area contributed by atoms with Gasteiger partial charge in [-0.15, -0.1) is 0 Å². The predicted octanol–water partition coefficient (Wildman–Crippen LogP) is 4.75. The standard InChI is InChI=1S/C25H33ClN2O3S/c1-2-3-17-32(29,30)28-15-16-31-22-10-5-19-11-14-27-24(23(19)18-22)25(12-4-13-25)20-6-8-21(26)9-7-20/h5-10,18,24,27-28H,2-4,11-17H2,1H3. The molecule has 1 unspecified atom stereocenters. The molecule has 2 aromatic rings. The van der Waals surface area contributed by atoms with E-state index in [1.807, 2.05) is 25.1 Å². The molecule has 7 heteroatoms. The van der Waals surface area contributed by atoms with Gasteiger partial charge in [0.05, 0.1) is 5.75 Å². The molecule has 1 saturated carbocycles. The van der Waals surface area contributed by atoms with Crippen LogP contribution in [0, 0.1) is 0 Å². The molecule has 2 aliphatic rings. The zero-order valence-electron chi connectivity index (χ0n) is 18.7. The molecule has 0 amide bonds. The van der Waals surface area contributed by atoms with Gasteiger partial charge in [-0.05, 0) is 73.2 Å². The average molecular weight is 477 g/mol. The molecule has 1 aliphatic carbocycles. The van der Waals surface area contributed by atoms with Gasteiger partial charge in [-0.3, -0.25) is 0 Å². The first kappa shape index (κ1) is 23.6.